The van der Waals surface area contributed by atoms with E-state index in [4.69, 9.17) is 5.11 Å². The Morgan fingerprint density at radius 1 is 1.15 bits per heavy atom. The number of hydrogen-bond donors (Lipinski definition) is 1. The van der Waals surface area contributed by atoms with Crippen molar-refractivity contribution in [2.45, 2.75) is 35.2 Å². The van der Waals surface area contributed by atoms with Crippen LogP contribution in [0.15, 0.2) is 0 Å². The fraction of sp³-hybridized carbons (Fsp3) is 1.00. The Morgan fingerprint density at radius 3 is 1.85 bits per heavy atom. The predicted molar refractivity (Wildman–Crippen MR) is 45.9 cm³/mol. The molecule has 5 heteroatoms. The smallest absolute Gasteiger partial charge is 0.166 e. The van der Waals surface area contributed by atoms with E-state index in [1.54, 1.807) is 0 Å². The zero-order valence-corrected chi connectivity index (χ0v) is 8.11. The van der Waals surface area contributed by atoms with Crippen LogP contribution in [0.3, 0.4) is 0 Å². The highest BCUT2D eigenvalue weighted by Crippen LogP contribution is 2.56. The van der Waals surface area contributed by atoms with E-state index >= 15 is 0 Å². The molecule has 0 spiro atoms. The van der Waals surface area contributed by atoms with Crippen molar-refractivity contribution < 1.29 is 17.9 Å². The highest BCUT2D eigenvalue weighted by Gasteiger charge is 2.67. The molecule has 0 atom stereocenters. The summed E-state index contributed by atoms with van der Waals surface area (Å²) in [6.07, 6.45) is 1.84. The molecule has 0 heterocycles. The second kappa shape index (κ2) is 2.45. The van der Waals surface area contributed by atoms with Crippen molar-refractivity contribution in [3.8, 4) is 0 Å². The molecule has 0 aromatic carbocycles. The van der Waals surface area contributed by atoms with E-state index in [9.17, 15) is 12.8 Å². The van der Waals surface area contributed by atoms with Crippen LogP contribution >= 0.6 is 0 Å². The topological polar surface area (TPSA) is 54.4 Å². The molecule has 0 unspecified atom stereocenters. The summed E-state index contributed by atoms with van der Waals surface area (Å²) in [5.41, 5.74) is 0. The van der Waals surface area contributed by atoms with Gasteiger partial charge in [0.15, 0.2) is 9.84 Å². The summed E-state index contributed by atoms with van der Waals surface area (Å²) < 4.78 is 34.2. The number of rotatable bonds is 4. The third kappa shape index (κ3) is 1.00. The molecule has 0 aromatic rings. The summed E-state index contributed by atoms with van der Waals surface area (Å²) in [7, 11) is -3.44. The Kier molecular flexibility index (Phi) is 1.77. The molecule has 1 N–H and O–H groups in total. The Hall–Kier alpha value is -0.160. The van der Waals surface area contributed by atoms with E-state index in [0.717, 1.165) is 0 Å². The average Bonchev–Trinajstić information content (AvgIpc) is 3.00. The molecular weight excluding hydrogens is 195 g/mol. The maximum absolute atomic E-state index is 12.6. The van der Waals surface area contributed by atoms with Gasteiger partial charge in [-0.15, -0.1) is 0 Å². The highest BCUT2D eigenvalue weighted by atomic mass is 32.2. The van der Waals surface area contributed by atoms with E-state index in [1.807, 2.05) is 0 Å². The first kappa shape index (κ1) is 9.40. The third-order valence-corrected chi connectivity index (χ3v) is 6.62. The van der Waals surface area contributed by atoms with Crippen molar-refractivity contribution in [2.24, 2.45) is 0 Å². The van der Waals surface area contributed by atoms with E-state index in [0.29, 0.717) is 25.7 Å². The lowest BCUT2D eigenvalue weighted by Crippen LogP contribution is -2.39. The minimum Gasteiger partial charge on any atom is -0.395 e. The summed E-state index contributed by atoms with van der Waals surface area (Å²) in [6.45, 7) is -1.14. The summed E-state index contributed by atoms with van der Waals surface area (Å²) in [6, 6.07) is 0. The minimum atomic E-state index is -3.44. The molecule has 0 radical (unpaired) electrons. The maximum atomic E-state index is 12.6. The van der Waals surface area contributed by atoms with Gasteiger partial charge in [-0.3, -0.25) is 0 Å². The zero-order valence-electron chi connectivity index (χ0n) is 7.29. The van der Waals surface area contributed by atoms with Crippen molar-refractivity contribution in [2.75, 3.05) is 13.3 Å². The standard InChI is InChI=1S/C8H13FO3S/c9-5-7(1-2-7)13(11,12)8(6-10)3-4-8/h10H,1-6H2. The van der Waals surface area contributed by atoms with Gasteiger partial charge >= 0.3 is 0 Å². The van der Waals surface area contributed by atoms with Crippen molar-refractivity contribution in [1.29, 1.82) is 0 Å². The van der Waals surface area contributed by atoms with Gasteiger partial charge in [-0.1, -0.05) is 0 Å². The van der Waals surface area contributed by atoms with Crippen LogP contribution in [0, 0.1) is 0 Å². The molecule has 0 aliphatic heterocycles. The molecule has 0 saturated heterocycles. The monoisotopic (exact) mass is 208 g/mol. The van der Waals surface area contributed by atoms with Crippen LogP contribution in [-0.4, -0.2) is 36.3 Å². The van der Waals surface area contributed by atoms with E-state index in [1.165, 1.54) is 0 Å². The third-order valence-electron chi connectivity index (χ3n) is 3.29. The van der Waals surface area contributed by atoms with Crippen LogP contribution in [-0.2, 0) is 9.84 Å². The van der Waals surface area contributed by atoms with E-state index < -0.39 is 26.0 Å². The highest BCUT2D eigenvalue weighted by molar-refractivity contribution is 7.94. The van der Waals surface area contributed by atoms with Crippen LogP contribution in [0.2, 0.25) is 0 Å². The molecule has 3 nitrogen and oxygen atoms in total. The molecule has 2 aliphatic rings. The summed E-state index contributed by atoms with van der Waals surface area (Å²) in [4.78, 5) is 0. The van der Waals surface area contributed by atoms with Crippen molar-refractivity contribution >= 4 is 9.84 Å². The summed E-state index contributed by atoms with van der Waals surface area (Å²) >= 11 is 0. The van der Waals surface area contributed by atoms with Crippen LogP contribution < -0.4 is 0 Å². The summed E-state index contributed by atoms with van der Waals surface area (Å²) in [5.74, 6) is 0. The van der Waals surface area contributed by atoms with Gasteiger partial charge in [-0.05, 0) is 25.7 Å². The van der Waals surface area contributed by atoms with E-state index in [-0.39, 0.29) is 6.61 Å². The number of hydrogen-bond acceptors (Lipinski definition) is 3. The largest absolute Gasteiger partial charge is 0.395 e. The SMILES string of the molecule is O=S(=O)(C1(CO)CC1)C1(CF)CC1. The maximum Gasteiger partial charge on any atom is 0.166 e. The quantitative estimate of drug-likeness (QED) is 0.729. The zero-order chi connectivity index (χ0) is 9.74. The molecule has 0 aromatic heterocycles. The molecule has 13 heavy (non-hydrogen) atoms. The first-order valence-electron chi connectivity index (χ1n) is 4.45. The molecule has 2 saturated carbocycles. The van der Waals surface area contributed by atoms with Crippen molar-refractivity contribution in [1.82, 2.24) is 0 Å². The van der Waals surface area contributed by atoms with Crippen LogP contribution in [0.1, 0.15) is 25.7 Å². The van der Waals surface area contributed by atoms with Gasteiger partial charge < -0.3 is 5.11 Å². The normalized spacial score (nSPS) is 28.5. The number of halogens is 1. The molecule has 0 amide bonds. The lowest BCUT2D eigenvalue weighted by Gasteiger charge is -2.19. The Morgan fingerprint density at radius 2 is 1.62 bits per heavy atom. The van der Waals surface area contributed by atoms with Gasteiger partial charge in [0.05, 0.1) is 11.4 Å². The van der Waals surface area contributed by atoms with Crippen LogP contribution in [0.4, 0.5) is 4.39 Å². The first-order chi connectivity index (χ1) is 6.04. The van der Waals surface area contributed by atoms with Gasteiger partial charge in [0, 0.05) is 0 Å². The molecular formula is C8H13FO3S. The Bertz CT molecular complexity index is 288. The van der Waals surface area contributed by atoms with Gasteiger partial charge in [-0.2, -0.15) is 0 Å². The second-order valence-electron chi connectivity index (χ2n) is 4.16. The lowest BCUT2D eigenvalue weighted by molar-refractivity contribution is 0.281. The fourth-order valence-corrected chi connectivity index (χ4v) is 4.24. The Labute approximate surface area is 76.9 Å². The molecule has 0 bridgehead atoms. The number of sulfone groups is 1. The van der Waals surface area contributed by atoms with Crippen molar-refractivity contribution in [3.63, 3.8) is 0 Å². The average molecular weight is 208 g/mol. The van der Waals surface area contributed by atoms with Gasteiger partial charge in [-0.25, -0.2) is 12.8 Å². The number of aliphatic hydroxyl groups is 1. The van der Waals surface area contributed by atoms with Gasteiger partial charge in [0.1, 0.15) is 11.4 Å². The fourth-order valence-electron chi connectivity index (χ4n) is 1.72. The molecule has 2 rings (SSSR count). The van der Waals surface area contributed by atoms with Gasteiger partial charge in [0.25, 0.3) is 0 Å². The molecule has 2 aliphatic carbocycles. The molecule has 76 valence electrons. The lowest BCUT2D eigenvalue weighted by atomic mass is 10.4. The van der Waals surface area contributed by atoms with Gasteiger partial charge in [0.2, 0.25) is 0 Å². The first-order valence-corrected chi connectivity index (χ1v) is 5.93. The minimum absolute atomic E-state index is 0.350. The predicted octanol–water partition coefficient (Wildman–Crippen LogP) is 0.428. The van der Waals surface area contributed by atoms with E-state index in [2.05, 4.69) is 0 Å². The Balaban J connectivity index is 2.32. The van der Waals surface area contributed by atoms with Crippen LogP contribution in [0.25, 0.3) is 0 Å². The molecule has 2 fully saturated rings. The summed E-state index contributed by atoms with van der Waals surface area (Å²) in [5, 5.41) is 8.98. The second-order valence-corrected chi connectivity index (χ2v) is 6.90. The van der Waals surface area contributed by atoms with Crippen molar-refractivity contribution in [3.05, 3.63) is 0 Å². The van der Waals surface area contributed by atoms with Crippen LogP contribution in [0.5, 0.6) is 0 Å². The number of alkyl halides is 1. The number of aliphatic hydroxyl groups excluding tert-OH is 1.